The number of rotatable bonds is 4. The molecule has 1 atom stereocenters. The Hall–Kier alpha value is -0.540. The van der Waals surface area contributed by atoms with Crippen molar-refractivity contribution < 1.29 is 9.50 Å². The van der Waals surface area contributed by atoms with Crippen molar-refractivity contribution >= 4 is 11.8 Å². The Morgan fingerprint density at radius 2 is 2.00 bits per heavy atom. The third kappa shape index (κ3) is 3.79. The predicted molar refractivity (Wildman–Crippen MR) is 53.4 cm³/mol. The van der Waals surface area contributed by atoms with E-state index in [0.29, 0.717) is 5.75 Å². The molecule has 1 N–H and O–H groups in total. The number of aliphatic hydroxyl groups excluding tert-OH is 1. The summed E-state index contributed by atoms with van der Waals surface area (Å²) in [5.41, 5.74) is 0. The summed E-state index contributed by atoms with van der Waals surface area (Å²) in [7, 11) is 0. The molecule has 0 spiro atoms. The summed E-state index contributed by atoms with van der Waals surface area (Å²) < 4.78 is 12.5. The Morgan fingerprint density at radius 3 is 2.54 bits per heavy atom. The fourth-order valence-electron chi connectivity index (χ4n) is 0.841. The largest absolute Gasteiger partial charge is 0.392 e. The summed E-state index contributed by atoms with van der Waals surface area (Å²) in [5, 5.41) is 9.28. The van der Waals surface area contributed by atoms with Gasteiger partial charge in [0, 0.05) is 10.6 Å². The summed E-state index contributed by atoms with van der Waals surface area (Å²) in [5.74, 6) is 0.447. The number of benzene rings is 1. The highest BCUT2D eigenvalue weighted by Gasteiger charge is 2.01. The maximum Gasteiger partial charge on any atom is 0.123 e. The van der Waals surface area contributed by atoms with E-state index >= 15 is 0 Å². The maximum absolute atomic E-state index is 12.5. The van der Waals surface area contributed by atoms with Gasteiger partial charge in [-0.25, -0.2) is 4.39 Å². The second-order valence-electron chi connectivity index (χ2n) is 2.83. The molecule has 0 aliphatic carbocycles. The molecule has 0 fully saturated rings. The van der Waals surface area contributed by atoms with Crippen molar-refractivity contribution in [2.75, 3.05) is 5.75 Å². The zero-order valence-electron chi connectivity index (χ0n) is 7.53. The van der Waals surface area contributed by atoms with Crippen molar-refractivity contribution in [2.24, 2.45) is 0 Å². The van der Waals surface area contributed by atoms with Crippen LogP contribution in [0.5, 0.6) is 0 Å². The minimum absolute atomic E-state index is 0.222. The zero-order valence-corrected chi connectivity index (χ0v) is 8.35. The smallest absolute Gasteiger partial charge is 0.123 e. The third-order valence-corrected chi connectivity index (χ3v) is 2.88. The first-order chi connectivity index (χ1) is 6.22. The summed E-state index contributed by atoms with van der Waals surface area (Å²) >= 11 is 1.55. The third-order valence-electron chi connectivity index (χ3n) is 1.73. The first kappa shape index (κ1) is 10.5. The number of aliphatic hydroxyl groups is 1. The number of thioether (sulfide) groups is 1. The molecule has 1 aromatic rings. The normalized spacial score (nSPS) is 12.8. The van der Waals surface area contributed by atoms with E-state index in [2.05, 4.69) is 0 Å². The van der Waals surface area contributed by atoms with Crippen LogP contribution in [0.3, 0.4) is 0 Å². The minimum atomic E-state index is -0.268. The first-order valence-corrected chi connectivity index (χ1v) is 5.27. The van der Waals surface area contributed by atoms with Crippen LogP contribution in [-0.2, 0) is 0 Å². The van der Waals surface area contributed by atoms with E-state index < -0.39 is 0 Å². The standard InChI is InChI=1S/C10H13FOS/c1-2-9(12)7-13-10-5-3-8(11)4-6-10/h3-6,9,12H,2,7H2,1H3. The molecule has 0 amide bonds. The maximum atomic E-state index is 12.5. The van der Waals surface area contributed by atoms with E-state index in [-0.39, 0.29) is 11.9 Å². The molecule has 0 aromatic heterocycles. The van der Waals surface area contributed by atoms with Crippen LogP contribution in [0.4, 0.5) is 4.39 Å². The van der Waals surface area contributed by atoms with E-state index in [1.807, 2.05) is 6.92 Å². The van der Waals surface area contributed by atoms with Crippen LogP contribution in [-0.4, -0.2) is 17.0 Å². The molecular formula is C10H13FOS. The van der Waals surface area contributed by atoms with E-state index in [9.17, 15) is 9.50 Å². The van der Waals surface area contributed by atoms with Gasteiger partial charge in [0.15, 0.2) is 0 Å². The highest BCUT2D eigenvalue weighted by Crippen LogP contribution is 2.19. The van der Waals surface area contributed by atoms with Gasteiger partial charge in [0.2, 0.25) is 0 Å². The molecule has 1 nitrogen and oxygen atoms in total. The van der Waals surface area contributed by atoms with Crippen LogP contribution < -0.4 is 0 Å². The molecule has 0 heterocycles. The molecule has 13 heavy (non-hydrogen) atoms. The van der Waals surface area contributed by atoms with Gasteiger partial charge in [-0.05, 0) is 30.7 Å². The van der Waals surface area contributed by atoms with Gasteiger partial charge in [-0.1, -0.05) is 6.92 Å². The fourth-order valence-corrected chi connectivity index (χ4v) is 1.79. The Labute approximate surface area is 82.0 Å². The van der Waals surface area contributed by atoms with Crippen molar-refractivity contribution in [3.8, 4) is 0 Å². The Bertz CT molecular complexity index is 248. The number of halogens is 1. The zero-order chi connectivity index (χ0) is 9.68. The molecule has 72 valence electrons. The van der Waals surface area contributed by atoms with E-state index in [1.165, 1.54) is 12.1 Å². The van der Waals surface area contributed by atoms with Crippen LogP contribution in [0.25, 0.3) is 0 Å². The van der Waals surface area contributed by atoms with Crippen LogP contribution >= 0.6 is 11.8 Å². The topological polar surface area (TPSA) is 20.2 Å². The van der Waals surface area contributed by atoms with Crippen LogP contribution in [0.1, 0.15) is 13.3 Å². The number of hydrogen-bond donors (Lipinski definition) is 1. The van der Waals surface area contributed by atoms with Gasteiger partial charge < -0.3 is 5.11 Å². The molecule has 3 heteroatoms. The summed E-state index contributed by atoms with van der Waals surface area (Å²) in [6.45, 7) is 1.94. The highest BCUT2D eigenvalue weighted by molar-refractivity contribution is 7.99. The van der Waals surface area contributed by atoms with Gasteiger partial charge in [0.25, 0.3) is 0 Å². The molecule has 0 radical (unpaired) electrons. The lowest BCUT2D eigenvalue weighted by Crippen LogP contribution is -2.06. The second kappa shape index (κ2) is 5.25. The van der Waals surface area contributed by atoms with E-state index in [0.717, 1.165) is 11.3 Å². The van der Waals surface area contributed by atoms with Crippen LogP contribution in [0.2, 0.25) is 0 Å². The second-order valence-corrected chi connectivity index (χ2v) is 3.92. The van der Waals surface area contributed by atoms with Gasteiger partial charge in [-0.15, -0.1) is 11.8 Å². The minimum Gasteiger partial charge on any atom is -0.392 e. The molecule has 1 aromatic carbocycles. The quantitative estimate of drug-likeness (QED) is 0.754. The van der Waals surface area contributed by atoms with Crippen molar-refractivity contribution in [2.45, 2.75) is 24.3 Å². The van der Waals surface area contributed by atoms with Crippen molar-refractivity contribution in [1.29, 1.82) is 0 Å². The molecule has 1 unspecified atom stereocenters. The van der Waals surface area contributed by atoms with Gasteiger partial charge in [0.05, 0.1) is 6.10 Å². The molecule has 0 aliphatic heterocycles. The molecule has 0 bridgehead atoms. The molecule has 0 saturated heterocycles. The molecule has 0 saturated carbocycles. The summed E-state index contributed by atoms with van der Waals surface area (Å²) in [6, 6.07) is 6.31. The van der Waals surface area contributed by atoms with Gasteiger partial charge in [0.1, 0.15) is 5.82 Å². The van der Waals surface area contributed by atoms with Crippen molar-refractivity contribution in [3.05, 3.63) is 30.1 Å². The first-order valence-electron chi connectivity index (χ1n) is 4.28. The average molecular weight is 200 g/mol. The molecular weight excluding hydrogens is 187 g/mol. The SMILES string of the molecule is CCC(O)CSc1ccc(F)cc1. The fraction of sp³-hybridized carbons (Fsp3) is 0.400. The monoisotopic (exact) mass is 200 g/mol. The lowest BCUT2D eigenvalue weighted by Gasteiger charge is -2.06. The van der Waals surface area contributed by atoms with E-state index in [1.54, 1.807) is 23.9 Å². The summed E-state index contributed by atoms with van der Waals surface area (Å²) in [6.07, 6.45) is 0.490. The highest BCUT2D eigenvalue weighted by atomic mass is 32.2. The molecule has 0 aliphatic rings. The van der Waals surface area contributed by atoms with Crippen molar-refractivity contribution in [3.63, 3.8) is 0 Å². The Morgan fingerprint density at radius 1 is 1.38 bits per heavy atom. The lowest BCUT2D eigenvalue weighted by molar-refractivity contribution is 0.195. The summed E-state index contributed by atoms with van der Waals surface area (Å²) in [4.78, 5) is 0.994. The average Bonchev–Trinajstić information content (AvgIpc) is 2.16. The van der Waals surface area contributed by atoms with Gasteiger partial charge >= 0.3 is 0 Å². The van der Waals surface area contributed by atoms with Gasteiger partial charge in [-0.3, -0.25) is 0 Å². The van der Waals surface area contributed by atoms with E-state index in [4.69, 9.17) is 0 Å². The molecule has 1 rings (SSSR count). The lowest BCUT2D eigenvalue weighted by atomic mass is 10.3. The van der Waals surface area contributed by atoms with Crippen LogP contribution in [0, 0.1) is 5.82 Å². The number of hydrogen-bond acceptors (Lipinski definition) is 2. The Kier molecular flexibility index (Phi) is 4.25. The van der Waals surface area contributed by atoms with Crippen molar-refractivity contribution in [1.82, 2.24) is 0 Å². The predicted octanol–water partition coefficient (Wildman–Crippen LogP) is 2.69. The Balaban J connectivity index is 2.41. The van der Waals surface area contributed by atoms with Gasteiger partial charge in [-0.2, -0.15) is 0 Å². The van der Waals surface area contributed by atoms with Crippen LogP contribution in [0.15, 0.2) is 29.2 Å².